The van der Waals surface area contributed by atoms with Crippen molar-refractivity contribution in [3.8, 4) is 0 Å². The van der Waals surface area contributed by atoms with E-state index in [-0.39, 0.29) is 5.92 Å². The number of hydrogen-bond acceptors (Lipinski definition) is 4. The van der Waals surface area contributed by atoms with Gasteiger partial charge in [0, 0.05) is 32.2 Å². The van der Waals surface area contributed by atoms with Crippen LogP contribution in [0.15, 0.2) is 6.07 Å². The lowest BCUT2D eigenvalue weighted by molar-refractivity contribution is 0.143. The van der Waals surface area contributed by atoms with Crippen molar-refractivity contribution >= 4 is 17.4 Å². The average Bonchev–Trinajstić information content (AvgIpc) is 2.38. The maximum Gasteiger partial charge on any atom is 0.135 e. The molecule has 1 fully saturated rings. The van der Waals surface area contributed by atoms with E-state index in [1.165, 1.54) is 12.8 Å². The third-order valence-electron chi connectivity index (χ3n) is 3.46. The highest BCUT2D eigenvalue weighted by atomic mass is 35.5. The molecule has 19 heavy (non-hydrogen) atoms. The predicted molar refractivity (Wildman–Crippen MR) is 77.9 cm³/mol. The SMILES string of the molecule is COCC1CCCN(c2cc(Cl)nc(C(C)C)n2)C1. The van der Waals surface area contributed by atoms with Gasteiger partial charge in [0.2, 0.25) is 0 Å². The molecule has 5 heteroatoms. The molecule has 1 aromatic heterocycles. The van der Waals surface area contributed by atoms with Gasteiger partial charge in [0.25, 0.3) is 0 Å². The Bertz CT molecular complexity index is 423. The summed E-state index contributed by atoms with van der Waals surface area (Å²) in [6.07, 6.45) is 2.40. The van der Waals surface area contributed by atoms with Crippen LogP contribution in [-0.2, 0) is 4.74 Å². The summed E-state index contributed by atoms with van der Waals surface area (Å²) in [5.74, 6) is 2.63. The first kappa shape index (κ1) is 14.5. The van der Waals surface area contributed by atoms with Crippen LogP contribution in [0, 0.1) is 5.92 Å². The Morgan fingerprint density at radius 1 is 1.47 bits per heavy atom. The van der Waals surface area contributed by atoms with E-state index in [4.69, 9.17) is 16.3 Å². The Labute approximate surface area is 120 Å². The summed E-state index contributed by atoms with van der Waals surface area (Å²) in [5, 5.41) is 0.530. The molecular weight excluding hydrogens is 262 g/mol. The molecule has 0 N–H and O–H groups in total. The third kappa shape index (κ3) is 3.80. The molecule has 0 amide bonds. The number of methoxy groups -OCH3 is 1. The summed E-state index contributed by atoms with van der Waals surface area (Å²) in [6, 6.07) is 1.86. The van der Waals surface area contributed by atoms with E-state index in [1.807, 2.05) is 6.07 Å². The van der Waals surface area contributed by atoms with Gasteiger partial charge in [-0.1, -0.05) is 25.4 Å². The average molecular weight is 284 g/mol. The zero-order chi connectivity index (χ0) is 13.8. The minimum absolute atomic E-state index is 0.289. The molecule has 1 aliphatic rings. The number of rotatable bonds is 4. The van der Waals surface area contributed by atoms with E-state index < -0.39 is 0 Å². The van der Waals surface area contributed by atoms with Crippen LogP contribution in [0.1, 0.15) is 38.4 Å². The lowest BCUT2D eigenvalue weighted by Gasteiger charge is -2.33. The lowest BCUT2D eigenvalue weighted by Crippen LogP contribution is -2.37. The van der Waals surface area contributed by atoms with Gasteiger partial charge in [0.15, 0.2) is 0 Å². The number of nitrogens with zero attached hydrogens (tertiary/aromatic N) is 3. The van der Waals surface area contributed by atoms with Gasteiger partial charge in [-0.25, -0.2) is 9.97 Å². The van der Waals surface area contributed by atoms with Crippen LogP contribution in [0.2, 0.25) is 5.15 Å². The predicted octanol–water partition coefficient (Wildman–Crippen LogP) is 3.12. The summed E-state index contributed by atoms with van der Waals surface area (Å²) >= 11 is 6.11. The topological polar surface area (TPSA) is 38.2 Å². The van der Waals surface area contributed by atoms with Gasteiger partial charge in [0.05, 0.1) is 6.61 Å². The van der Waals surface area contributed by atoms with Crippen LogP contribution in [0.3, 0.4) is 0 Å². The summed E-state index contributed by atoms with van der Waals surface area (Å²) in [5.41, 5.74) is 0. The standard InChI is InChI=1S/C14H22ClN3O/c1-10(2)14-16-12(15)7-13(17-14)18-6-4-5-11(8-18)9-19-3/h7,10-11H,4-6,8-9H2,1-3H3. The van der Waals surface area contributed by atoms with Gasteiger partial charge in [-0.15, -0.1) is 0 Å². The molecule has 4 nitrogen and oxygen atoms in total. The quantitative estimate of drug-likeness (QED) is 0.796. The molecule has 0 bridgehead atoms. The first-order chi connectivity index (χ1) is 9.10. The van der Waals surface area contributed by atoms with Crippen LogP contribution in [0.5, 0.6) is 0 Å². The Morgan fingerprint density at radius 2 is 2.26 bits per heavy atom. The lowest BCUT2D eigenvalue weighted by atomic mass is 9.99. The molecule has 0 radical (unpaired) electrons. The minimum atomic E-state index is 0.289. The highest BCUT2D eigenvalue weighted by Crippen LogP contribution is 2.25. The van der Waals surface area contributed by atoms with Crippen molar-refractivity contribution < 1.29 is 4.74 Å². The number of hydrogen-bond donors (Lipinski definition) is 0. The summed E-state index contributed by atoms with van der Waals surface area (Å²) < 4.78 is 5.27. The number of anilines is 1. The Hall–Kier alpha value is -0.870. The van der Waals surface area contributed by atoms with Crippen molar-refractivity contribution in [2.75, 3.05) is 31.7 Å². The number of piperidine rings is 1. The fourth-order valence-corrected chi connectivity index (χ4v) is 2.67. The maximum absolute atomic E-state index is 6.11. The normalized spacial score (nSPS) is 20.1. The summed E-state index contributed by atoms with van der Waals surface area (Å²) in [6.45, 7) is 6.99. The highest BCUT2D eigenvalue weighted by molar-refractivity contribution is 6.29. The van der Waals surface area contributed by atoms with Crippen LogP contribution < -0.4 is 4.90 Å². The Morgan fingerprint density at radius 3 is 2.95 bits per heavy atom. The van der Waals surface area contributed by atoms with E-state index >= 15 is 0 Å². The number of halogens is 1. The maximum atomic E-state index is 6.11. The van der Waals surface area contributed by atoms with Gasteiger partial charge in [-0.2, -0.15) is 0 Å². The second-order valence-corrected chi connectivity index (χ2v) is 5.86. The number of aromatic nitrogens is 2. The first-order valence-electron chi connectivity index (χ1n) is 6.88. The molecule has 0 saturated carbocycles. The molecule has 2 heterocycles. The molecular formula is C14H22ClN3O. The van der Waals surface area contributed by atoms with Gasteiger partial charge in [-0.3, -0.25) is 0 Å². The van der Waals surface area contributed by atoms with Crippen LogP contribution >= 0.6 is 11.6 Å². The second kappa shape index (κ2) is 6.53. The summed E-state index contributed by atoms with van der Waals surface area (Å²) in [4.78, 5) is 11.2. The van der Waals surface area contributed by atoms with Gasteiger partial charge >= 0.3 is 0 Å². The van der Waals surface area contributed by atoms with Crippen molar-refractivity contribution in [1.82, 2.24) is 9.97 Å². The van der Waals surface area contributed by atoms with Crippen molar-refractivity contribution in [3.05, 3.63) is 17.0 Å². The fraction of sp³-hybridized carbons (Fsp3) is 0.714. The van der Waals surface area contributed by atoms with E-state index in [0.29, 0.717) is 11.1 Å². The van der Waals surface area contributed by atoms with E-state index in [1.54, 1.807) is 7.11 Å². The van der Waals surface area contributed by atoms with Gasteiger partial charge in [-0.05, 0) is 18.8 Å². The van der Waals surface area contributed by atoms with Crippen LogP contribution in [0.25, 0.3) is 0 Å². The zero-order valence-electron chi connectivity index (χ0n) is 11.9. The Kier molecular flexibility index (Phi) is 4.99. The van der Waals surface area contributed by atoms with Gasteiger partial charge in [0.1, 0.15) is 16.8 Å². The van der Waals surface area contributed by atoms with Gasteiger partial charge < -0.3 is 9.64 Å². The largest absolute Gasteiger partial charge is 0.384 e. The molecule has 1 saturated heterocycles. The monoisotopic (exact) mass is 283 g/mol. The number of ether oxygens (including phenoxy) is 1. The van der Waals surface area contributed by atoms with Crippen molar-refractivity contribution in [2.24, 2.45) is 5.92 Å². The first-order valence-corrected chi connectivity index (χ1v) is 7.26. The molecule has 0 aromatic carbocycles. The van der Waals surface area contributed by atoms with Crippen molar-refractivity contribution in [2.45, 2.75) is 32.6 Å². The minimum Gasteiger partial charge on any atom is -0.384 e. The molecule has 1 aliphatic heterocycles. The highest BCUT2D eigenvalue weighted by Gasteiger charge is 2.22. The van der Waals surface area contributed by atoms with Crippen LogP contribution in [-0.4, -0.2) is 36.8 Å². The van der Waals surface area contributed by atoms with E-state index in [2.05, 4.69) is 28.7 Å². The molecule has 106 valence electrons. The zero-order valence-corrected chi connectivity index (χ0v) is 12.7. The smallest absolute Gasteiger partial charge is 0.135 e. The molecule has 0 aliphatic carbocycles. The molecule has 2 rings (SSSR count). The summed E-state index contributed by atoms with van der Waals surface area (Å²) in [7, 11) is 1.76. The molecule has 1 aromatic rings. The van der Waals surface area contributed by atoms with Crippen LogP contribution in [0.4, 0.5) is 5.82 Å². The van der Waals surface area contributed by atoms with E-state index in [0.717, 1.165) is 31.3 Å². The molecule has 0 spiro atoms. The third-order valence-corrected chi connectivity index (χ3v) is 3.65. The van der Waals surface area contributed by atoms with Crippen molar-refractivity contribution in [1.29, 1.82) is 0 Å². The fourth-order valence-electron chi connectivity index (χ4n) is 2.49. The molecule has 1 atom stereocenters. The Balaban J connectivity index is 2.16. The molecule has 1 unspecified atom stereocenters. The van der Waals surface area contributed by atoms with E-state index in [9.17, 15) is 0 Å². The second-order valence-electron chi connectivity index (χ2n) is 5.47. The van der Waals surface area contributed by atoms with Crippen molar-refractivity contribution in [3.63, 3.8) is 0 Å².